The van der Waals surface area contributed by atoms with Crippen molar-refractivity contribution in [2.24, 2.45) is 22.2 Å². The molecular formula is C14H29N3O2. The quantitative estimate of drug-likeness (QED) is 0.197. The van der Waals surface area contributed by atoms with E-state index in [1.54, 1.807) is 0 Å². The Bertz CT molecular complexity index is 274. The van der Waals surface area contributed by atoms with E-state index in [1.165, 1.54) is 12.8 Å². The minimum Gasteiger partial charge on any atom is -0.409 e. The molecular weight excluding hydrogens is 242 g/mol. The summed E-state index contributed by atoms with van der Waals surface area (Å²) in [6, 6.07) is 0. The van der Waals surface area contributed by atoms with Crippen LogP contribution < -0.4 is 11.1 Å². The number of hydrogen-bond acceptors (Lipinski definition) is 4. The van der Waals surface area contributed by atoms with E-state index in [4.69, 9.17) is 15.7 Å². The Hall–Kier alpha value is -0.810. The summed E-state index contributed by atoms with van der Waals surface area (Å²) >= 11 is 0. The third-order valence-corrected chi connectivity index (χ3v) is 3.96. The van der Waals surface area contributed by atoms with Crippen molar-refractivity contribution in [1.82, 2.24) is 5.32 Å². The first-order valence-corrected chi connectivity index (χ1v) is 7.33. The molecule has 1 heterocycles. The lowest BCUT2D eigenvalue weighted by molar-refractivity contribution is 0.184. The van der Waals surface area contributed by atoms with Crippen molar-refractivity contribution in [2.75, 3.05) is 26.3 Å². The van der Waals surface area contributed by atoms with Gasteiger partial charge in [-0.05, 0) is 44.7 Å². The van der Waals surface area contributed by atoms with Crippen molar-refractivity contribution in [3.63, 3.8) is 0 Å². The van der Waals surface area contributed by atoms with E-state index < -0.39 is 0 Å². The van der Waals surface area contributed by atoms with Crippen molar-refractivity contribution in [3.8, 4) is 0 Å². The molecule has 0 aliphatic carbocycles. The zero-order valence-corrected chi connectivity index (χ0v) is 12.3. The molecule has 112 valence electrons. The van der Waals surface area contributed by atoms with Gasteiger partial charge in [-0.25, -0.2) is 0 Å². The first kappa shape index (κ1) is 16.2. The van der Waals surface area contributed by atoms with Gasteiger partial charge in [0.15, 0.2) is 0 Å². The molecule has 0 bridgehead atoms. The number of ether oxygens (including phenoxy) is 1. The number of unbranched alkanes of at least 4 members (excludes halogenated alkanes) is 1. The molecule has 1 aliphatic rings. The monoisotopic (exact) mass is 271 g/mol. The van der Waals surface area contributed by atoms with E-state index in [-0.39, 0.29) is 5.41 Å². The van der Waals surface area contributed by atoms with Crippen LogP contribution in [0.25, 0.3) is 0 Å². The van der Waals surface area contributed by atoms with Gasteiger partial charge >= 0.3 is 0 Å². The maximum atomic E-state index is 8.69. The van der Waals surface area contributed by atoms with Gasteiger partial charge in [0.25, 0.3) is 0 Å². The summed E-state index contributed by atoms with van der Waals surface area (Å²) < 4.78 is 5.35. The van der Waals surface area contributed by atoms with Gasteiger partial charge in [-0.15, -0.1) is 0 Å². The molecule has 4 N–H and O–H groups in total. The summed E-state index contributed by atoms with van der Waals surface area (Å²) in [6.07, 6.45) is 5.60. The van der Waals surface area contributed by atoms with Crippen LogP contribution in [0.15, 0.2) is 5.16 Å². The average molecular weight is 271 g/mol. The van der Waals surface area contributed by atoms with E-state index in [2.05, 4.69) is 10.5 Å². The van der Waals surface area contributed by atoms with Crippen LogP contribution >= 0.6 is 0 Å². The number of nitrogens with two attached hydrogens (primary N) is 1. The number of nitrogens with one attached hydrogen (secondary N) is 1. The Balaban J connectivity index is 1.96. The summed E-state index contributed by atoms with van der Waals surface area (Å²) in [6.45, 7) is 8.02. The van der Waals surface area contributed by atoms with Crippen molar-refractivity contribution in [3.05, 3.63) is 0 Å². The maximum absolute atomic E-state index is 8.69. The van der Waals surface area contributed by atoms with Gasteiger partial charge in [0.1, 0.15) is 5.84 Å². The molecule has 5 nitrogen and oxygen atoms in total. The lowest BCUT2D eigenvalue weighted by Crippen LogP contribution is -2.32. The number of nitrogens with zero attached hydrogens (tertiary/aromatic N) is 1. The highest BCUT2D eigenvalue weighted by molar-refractivity contribution is 5.85. The largest absolute Gasteiger partial charge is 0.409 e. The zero-order chi connectivity index (χ0) is 14.1. The van der Waals surface area contributed by atoms with Gasteiger partial charge in [0.2, 0.25) is 0 Å². The van der Waals surface area contributed by atoms with Gasteiger partial charge in [0, 0.05) is 18.6 Å². The molecule has 1 fully saturated rings. The Morgan fingerprint density at radius 1 is 1.42 bits per heavy atom. The van der Waals surface area contributed by atoms with Crippen LogP contribution in [0.5, 0.6) is 0 Å². The molecule has 19 heavy (non-hydrogen) atoms. The fourth-order valence-electron chi connectivity index (χ4n) is 2.32. The van der Waals surface area contributed by atoms with Gasteiger partial charge in [-0.1, -0.05) is 25.4 Å². The van der Waals surface area contributed by atoms with Crippen molar-refractivity contribution >= 4 is 5.84 Å². The Morgan fingerprint density at radius 3 is 2.84 bits per heavy atom. The molecule has 0 radical (unpaired) electrons. The van der Waals surface area contributed by atoms with Crippen LogP contribution in [-0.2, 0) is 4.74 Å². The SMILES string of the molecule is CC(C)(CCCCNCCC1CCOC1)C(N)=NO. The third-order valence-electron chi connectivity index (χ3n) is 3.96. The fraction of sp³-hybridized carbons (Fsp3) is 0.929. The summed E-state index contributed by atoms with van der Waals surface area (Å²) in [5.74, 6) is 1.08. The normalized spacial score (nSPS) is 20.9. The van der Waals surface area contributed by atoms with E-state index in [0.717, 1.165) is 51.5 Å². The lowest BCUT2D eigenvalue weighted by atomic mass is 9.86. The molecule has 0 aromatic rings. The second kappa shape index (κ2) is 8.38. The Kier molecular flexibility index (Phi) is 7.16. The van der Waals surface area contributed by atoms with Crippen LogP contribution in [-0.4, -0.2) is 37.3 Å². The topological polar surface area (TPSA) is 79.9 Å². The van der Waals surface area contributed by atoms with Gasteiger partial charge in [-0.2, -0.15) is 0 Å². The molecule has 1 atom stereocenters. The highest BCUT2D eigenvalue weighted by Gasteiger charge is 2.22. The molecule has 0 amide bonds. The molecule has 5 heteroatoms. The van der Waals surface area contributed by atoms with Gasteiger partial charge < -0.3 is 21.0 Å². The fourth-order valence-corrected chi connectivity index (χ4v) is 2.32. The van der Waals surface area contributed by atoms with E-state index in [1.807, 2.05) is 13.8 Å². The maximum Gasteiger partial charge on any atom is 0.144 e. The second-order valence-corrected chi connectivity index (χ2v) is 6.09. The molecule has 1 aliphatic heterocycles. The van der Waals surface area contributed by atoms with Crippen LogP contribution in [0.2, 0.25) is 0 Å². The van der Waals surface area contributed by atoms with Crippen LogP contribution in [0.4, 0.5) is 0 Å². The van der Waals surface area contributed by atoms with E-state index in [9.17, 15) is 0 Å². The summed E-state index contributed by atoms with van der Waals surface area (Å²) in [4.78, 5) is 0. The van der Waals surface area contributed by atoms with Crippen molar-refractivity contribution in [1.29, 1.82) is 0 Å². The number of amidine groups is 1. The van der Waals surface area contributed by atoms with Gasteiger partial charge in [0.05, 0.1) is 0 Å². The number of oxime groups is 1. The summed E-state index contributed by atoms with van der Waals surface area (Å²) in [5.41, 5.74) is 5.44. The Labute approximate surface area is 116 Å². The molecule has 1 saturated heterocycles. The lowest BCUT2D eigenvalue weighted by Gasteiger charge is -2.22. The van der Waals surface area contributed by atoms with Crippen molar-refractivity contribution < 1.29 is 9.94 Å². The third kappa shape index (κ3) is 6.25. The first-order valence-electron chi connectivity index (χ1n) is 7.33. The van der Waals surface area contributed by atoms with Crippen molar-refractivity contribution in [2.45, 2.75) is 46.0 Å². The zero-order valence-electron chi connectivity index (χ0n) is 12.3. The molecule has 1 unspecified atom stereocenters. The predicted octanol–water partition coefficient (Wildman–Crippen LogP) is 1.95. The second-order valence-electron chi connectivity index (χ2n) is 6.09. The molecule has 0 aromatic heterocycles. The number of rotatable bonds is 9. The molecule has 0 aromatic carbocycles. The minimum atomic E-state index is -0.212. The minimum absolute atomic E-state index is 0.212. The van der Waals surface area contributed by atoms with E-state index >= 15 is 0 Å². The van der Waals surface area contributed by atoms with Crippen LogP contribution in [0, 0.1) is 11.3 Å². The molecule has 0 spiro atoms. The summed E-state index contributed by atoms with van der Waals surface area (Å²) in [7, 11) is 0. The smallest absolute Gasteiger partial charge is 0.144 e. The predicted molar refractivity (Wildman–Crippen MR) is 77.5 cm³/mol. The van der Waals surface area contributed by atoms with Gasteiger partial charge in [-0.3, -0.25) is 0 Å². The average Bonchev–Trinajstić information content (AvgIpc) is 2.89. The molecule has 0 saturated carbocycles. The standard InChI is InChI=1S/C14H29N3O2/c1-14(2,13(15)17-18)7-3-4-8-16-9-5-12-6-10-19-11-12/h12,16,18H,3-11H2,1-2H3,(H2,15,17). The highest BCUT2D eigenvalue weighted by Crippen LogP contribution is 2.23. The number of hydrogen-bond donors (Lipinski definition) is 3. The van der Waals surface area contributed by atoms with Crippen LogP contribution in [0.1, 0.15) is 46.0 Å². The molecule has 1 rings (SSSR count). The highest BCUT2D eigenvalue weighted by atomic mass is 16.5. The Morgan fingerprint density at radius 2 is 2.21 bits per heavy atom. The first-order chi connectivity index (χ1) is 9.06. The summed E-state index contributed by atoms with van der Waals surface area (Å²) in [5, 5.41) is 15.3. The van der Waals surface area contributed by atoms with E-state index in [0.29, 0.717) is 5.84 Å². The van der Waals surface area contributed by atoms with Crippen LogP contribution in [0.3, 0.4) is 0 Å².